The zero-order valence-corrected chi connectivity index (χ0v) is 8.65. The number of aliphatic carboxylic acids is 1. The van der Waals surface area contributed by atoms with Crippen LogP contribution >= 0.6 is 15.9 Å². The van der Waals surface area contributed by atoms with Crippen LogP contribution in [-0.4, -0.2) is 20.9 Å². The molecular formula is C7H10BrN3O2. The molecule has 0 aliphatic heterocycles. The van der Waals surface area contributed by atoms with Gasteiger partial charge < -0.3 is 10.8 Å². The Morgan fingerprint density at radius 1 is 1.92 bits per heavy atom. The van der Waals surface area contributed by atoms with Crippen molar-refractivity contribution in [1.82, 2.24) is 9.78 Å². The highest BCUT2D eigenvalue weighted by molar-refractivity contribution is 9.10. The monoisotopic (exact) mass is 247 g/mol. The summed E-state index contributed by atoms with van der Waals surface area (Å²) < 4.78 is 2.31. The largest absolute Gasteiger partial charge is 0.481 e. The van der Waals surface area contributed by atoms with Gasteiger partial charge in [0, 0.05) is 7.05 Å². The van der Waals surface area contributed by atoms with E-state index < -0.39 is 12.0 Å². The highest BCUT2D eigenvalue weighted by Gasteiger charge is 2.17. The molecule has 0 aromatic carbocycles. The fourth-order valence-electron chi connectivity index (χ4n) is 1.12. The lowest BCUT2D eigenvalue weighted by atomic mass is 10.1. The van der Waals surface area contributed by atoms with Gasteiger partial charge in [-0.15, -0.1) is 0 Å². The molecule has 1 atom stereocenters. The van der Waals surface area contributed by atoms with E-state index in [0.29, 0.717) is 5.69 Å². The van der Waals surface area contributed by atoms with Gasteiger partial charge in [0.05, 0.1) is 28.8 Å². The van der Waals surface area contributed by atoms with Crippen LogP contribution in [0, 0.1) is 0 Å². The van der Waals surface area contributed by atoms with Crippen molar-refractivity contribution in [3.8, 4) is 0 Å². The number of aromatic nitrogens is 2. The predicted octanol–water partition coefficient (Wildman–Crippen LogP) is 0.657. The highest BCUT2D eigenvalue weighted by Crippen LogP contribution is 2.22. The molecule has 3 N–H and O–H groups in total. The topological polar surface area (TPSA) is 81.1 Å². The number of nitrogens with zero attached hydrogens (tertiary/aromatic N) is 2. The molecule has 0 saturated carbocycles. The Morgan fingerprint density at radius 3 is 2.92 bits per heavy atom. The van der Waals surface area contributed by atoms with Crippen LogP contribution in [0.5, 0.6) is 0 Å². The van der Waals surface area contributed by atoms with E-state index in [9.17, 15) is 4.79 Å². The van der Waals surface area contributed by atoms with Crippen LogP contribution in [0.2, 0.25) is 0 Å². The Bertz CT molecular complexity index is 304. The maximum absolute atomic E-state index is 10.4. The molecule has 1 heterocycles. The molecule has 0 aliphatic carbocycles. The van der Waals surface area contributed by atoms with Crippen molar-refractivity contribution < 1.29 is 9.90 Å². The Morgan fingerprint density at radius 2 is 2.54 bits per heavy atom. The van der Waals surface area contributed by atoms with E-state index >= 15 is 0 Å². The van der Waals surface area contributed by atoms with Crippen molar-refractivity contribution in [3.05, 3.63) is 16.4 Å². The van der Waals surface area contributed by atoms with E-state index in [1.54, 1.807) is 17.9 Å². The van der Waals surface area contributed by atoms with Gasteiger partial charge in [-0.05, 0) is 15.9 Å². The number of hydrogen-bond acceptors (Lipinski definition) is 3. The maximum Gasteiger partial charge on any atom is 0.305 e. The Balaban J connectivity index is 2.87. The van der Waals surface area contributed by atoms with Gasteiger partial charge in [0.1, 0.15) is 0 Å². The molecule has 72 valence electrons. The lowest BCUT2D eigenvalue weighted by Gasteiger charge is -2.09. The Labute approximate surface area is 83.7 Å². The van der Waals surface area contributed by atoms with Crippen molar-refractivity contribution in [2.24, 2.45) is 12.8 Å². The van der Waals surface area contributed by atoms with E-state index in [-0.39, 0.29) is 6.42 Å². The molecule has 0 saturated heterocycles. The third kappa shape index (κ3) is 2.28. The summed E-state index contributed by atoms with van der Waals surface area (Å²) in [5, 5.41) is 12.5. The van der Waals surface area contributed by atoms with E-state index in [1.807, 2.05) is 0 Å². The minimum absolute atomic E-state index is 0.0991. The minimum Gasteiger partial charge on any atom is -0.481 e. The lowest BCUT2D eigenvalue weighted by Crippen LogP contribution is -2.18. The van der Waals surface area contributed by atoms with Crippen molar-refractivity contribution >= 4 is 21.9 Å². The minimum atomic E-state index is -0.916. The highest BCUT2D eigenvalue weighted by atomic mass is 79.9. The van der Waals surface area contributed by atoms with Gasteiger partial charge >= 0.3 is 5.97 Å². The SMILES string of the molecule is Cn1ncc(Br)c1[C@H](N)CC(=O)O. The van der Waals surface area contributed by atoms with Gasteiger partial charge in [-0.25, -0.2) is 0 Å². The van der Waals surface area contributed by atoms with Crippen LogP contribution in [0.15, 0.2) is 10.7 Å². The van der Waals surface area contributed by atoms with Gasteiger partial charge in [0.15, 0.2) is 0 Å². The van der Waals surface area contributed by atoms with Gasteiger partial charge in [0.25, 0.3) is 0 Å². The smallest absolute Gasteiger partial charge is 0.305 e. The molecule has 13 heavy (non-hydrogen) atoms. The fourth-order valence-corrected chi connectivity index (χ4v) is 1.76. The molecule has 1 rings (SSSR count). The summed E-state index contributed by atoms with van der Waals surface area (Å²) in [4.78, 5) is 10.4. The van der Waals surface area contributed by atoms with E-state index in [0.717, 1.165) is 4.47 Å². The number of rotatable bonds is 3. The summed E-state index contributed by atoms with van der Waals surface area (Å²) in [5.74, 6) is -0.916. The molecule has 0 fully saturated rings. The van der Waals surface area contributed by atoms with Gasteiger partial charge in [0.2, 0.25) is 0 Å². The van der Waals surface area contributed by atoms with Crippen LogP contribution in [0.4, 0.5) is 0 Å². The molecule has 5 nitrogen and oxygen atoms in total. The first-order chi connectivity index (χ1) is 6.02. The second-order valence-electron chi connectivity index (χ2n) is 2.71. The molecule has 0 unspecified atom stereocenters. The fraction of sp³-hybridized carbons (Fsp3) is 0.429. The number of carboxylic acids is 1. The van der Waals surface area contributed by atoms with E-state index in [2.05, 4.69) is 21.0 Å². The summed E-state index contributed by atoms with van der Waals surface area (Å²) >= 11 is 3.25. The summed E-state index contributed by atoms with van der Waals surface area (Å²) in [5.41, 5.74) is 6.37. The molecule has 6 heteroatoms. The summed E-state index contributed by atoms with van der Waals surface area (Å²) in [6.45, 7) is 0. The molecule has 0 amide bonds. The number of halogens is 1. The molecule has 0 aliphatic rings. The lowest BCUT2D eigenvalue weighted by molar-refractivity contribution is -0.137. The average molecular weight is 248 g/mol. The third-order valence-electron chi connectivity index (χ3n) is 1.68. The molecule has 0 spiro atoms. The summed E-state index contributed by atoms with van der Waals surface area (Å²) in [6.07, 6.45) is 1.50. The van der Waals surface area contributed by atoms with Crippen LogP contribution in [0.3, 0.4) is 0 Å². The van der Waals surface area contributed by atoms with E-state index in [4.69, 9.17) is 10.8 Å². The first-order valence-corrected chi connectivity index (χ1v) is 4.46. The summed E-state index contributed by atoms with van der Waals surface area (Å²) in [6, 6.07) is -0.528. The summed E-state index contributed by atoms with van der Waals surface area (Å²) in [7, 11) is 1.72. The number of hydrogen-bond donors (Lipinski definition) is 2. The van der Waals surface area contributed by atoms with Crippen molar-refractivity contribution in [2.45, 2.75) is 12.5 Å². The van der Waals surface area contributed by atoms with Gasteiger partial charge in [-0.3, -0.25) is 9.48 Å². The van der Waals surface area contributed by atoms with Gasteiger partial charge in [-0.2, -0.15) is 5.10 Å². The molecule has 0 radical (unpaired) electrons. The number of aryl methyl sites for hydroxylation is 1. The molecule has 0 bridgehead atoms. The zero-order chi connectivity index (χ0) is 10.0. The Kier molecular flexibility index (Phi) is 3.05. The Hall–Kier alpha value is -0.880. The molecular weight excluding hydrogens is 238 g/mol. The number of carbonyl (C=O) groups is 1. The average Bonchev–Trinajstić information content (AvgIpc) is 2.29. The van der Waals surface area contributed by atoms with Crippen LogP contribution in [0.25, 0.3) is 0 Å². The van der Waals surface area contributed by atoms with Crippen LogP contribution in [0.1, 0.15) is 18.2 Å². The first-order valence-electron chi connectivity index (χ1n) is 3.67. The second-order valence-corrected chi connectivity index (χ2v) is 3.56. The first kappa shape index (κ1) is 10.2. The van der Waals surface area contributed by atoms with Crippen molar-refractivity contribution in [1.29, 1.82) is 0 Å². The predicted molar refractivity (Wildman–Crippen MR) is 50.1 cm³/mol. The quantitative estimate of drug-likeness (QED) is 0.823. The number of carboxylic acid groups (broad SMARTS) is 1. The molecule has 1 aromatic rings. The van der Waals surface area contributed by atoms with Gasteiger partial charge in [-0.1, -0.05) is 0 Å². The van der Waals surface area contributed by atoms with Crippen molar-refractivity contribution in [3.63, 3.8) is 0 Å². The standard InChI is InChI=1S/C7H10BrN3O2/c1-11-7(4(8)3-10-11)5(9)2-6(12)13/h3,5H,2,9H2,1H3,(H,12,13)/t5-/m1/s1. The second kappa shape index (κ2) is 3.89. The number of nitrogens with two attached hydrogens (primary N) is 1. The van der Waals surface area contributed by atoms with Crippen molar-refractivity contribution in [2.75, 3.05) is 0 Å². The van der Waals surface area contributed by atoms with Crippen LogP contribution in [-0.2, 0) is 11.8 Å². The molecule has 1 aromatic heterocycles. The third-order valence-corrected chi connectivity index (χ3v) is 2.29. The normalized spacial score (nSPS) is 12.8. The van der Waals surface area contributed by atoms with Crippen LogP contribution < -0.4 is 5.73 Å². The zero-order valence-electron chi connectivity index (χ0n) is 7.07. The maximum atomic E-state index is 10.4. The van der Waals surface area contributed by atoms with E-state index in [1.165, 1.54) is 0 Å².